The normalized spacial score (nSPS) is 10.8. The highest BCUT2D eigenvalue weighted by Gasteiger charge is 2.12. The molecule has 0 saturated carbocycles. The number of halogens is 1. The summed E-state index contributed by atoms with van der Waals surface area (Å²) in [4.78, 5) is 17.1. The third-order valence-electron chi connectivity index (χ3n) is 4.31. The first-order valence-electron chi connectivity index (χ1n) is 8.32. The van der Waals surface area contributed by atoms with E-state index in [1.807, 2.05) is 79.0 Å². The maximum Gasteiger partial charge on any atom is 0.287 e. The van der Waals surface area contributed by atoms with Gasteiger partial charge in [-0.25, -0.2) is 4.57 Å². The number of benzene rings is 3. The lowest BCUT2D eigenvalue weighted by Gasteiger charge is -2.03. The van der Waals surface area contributed by atoms with Crippen molar-refractivity contribution >= 4 is 32.5 Å². The van der Waals surface area contributed by atoms with Crippen molar-refractivity contribution in [1.29, 1.82) is 0 Å². The number of Topliss-reactive ketones (excluding diaryl/α,β-unsaturated/α-hetero) is 1. The molecule has 0 radical (unpaired) electrons. The Morgan fingerprint density at radius 3 is 2.42 bits per heavy atom. The van der Waals surface area contributed by atoms with Crippen LogP contribution in [0.2, 0.25) is 0 Å². The van der Waals surface area contributed by atoms with Crippen molar-refractivity contribution in [2.75, 3.05) is 0 Å². The van der Waals surface area contributed by atoms with E-state index in [1.54, 1.807) is 10.9 Å². The highest BCUT2D eigenvalue weighted by Crippen LogP contribution is 2.19. The third kappa shape index (κ3) is 3.55. The summed E-state index contributed by atoms with van der Waals surface area (Å²) in [5.74, 6) is 0.0685. The average Bonchev–Trinajstić information content (AvgIpc) is 2.69. The quantitative estimate of drug-likeness (QED) is 0.361. The van der Waals surface area contributed by atoms with Crippen LogP contribution in [-0.4, -0.2) is 10.8 Å². The summed E-state index contributed by atoms with van der Waals surface area (Å²) in [6.07, 6.45) is 3.60. The average molecular weight is 404 g/mol. The summed E-state index contributed by atoms with van der Waals surface area (Å²) in [6, 6.07) is 23.8. The number of ketones is 1. The zero-order chi connectivity index (χ0) is 17.9. The van der Waals surface area contributed by atoms with E-state index >= 15 is 0 Å². The van der Waals surface area contributed by atoms with Crippen LogP contribution in [0.5, 0.6) is 0 Å². The lowest BCUT2D eigenvalue weighted by Crippen LogP contribution is -2.37. The Morgan fingerprint density at radius 1 is 0.923 bits per heavy atom. The number of aromatic nitrogens is 2. The van der Waals surface area contributed by atoms with Gasteiger partial charge in [-0.2, -0.15) is 0 Å². The van der Waals surface area contributed by atoms with Crippen molar-refractivity contribution in [2.24, 2.45) is 0 Å². The van der Waals surface area contributed by atoms with Gasteiger partial charge in [0, 0.05) is 21.7 Å². The van der Waals surface area contributed by atoms with Gasteiger partial charge in [-0.15, -0.1) is 0 Å². The summed E-state index contributed by atoms with van der Waals surface area (Å²) in [5, 5.41) is 2.21. The van der Waals surface area contributed by atoms with Crippen molar-refractivity contribution in [2.45, 2.75) is 6.54 Å². The van der Waals surface area contributed by atoms with Gasteiger partial charge >= 0.3 is 0 Å². The van der Waals surface area contributed by atoms with Crippen LogP contribution in [0.25, 0.3) is 22.0 Å². The maximum atomic E-state index is 12.6. The first-order chi connectivity index (χ1) is 12.7. The molecule has 4 aromatic rings. The molecular formula is C22H16BrN2O+. The minimum absolute atomic E-state index is 0.0685. The second-order valence-corrected chi connectivity index (χ2v) is 7.03. The molecule has 0 saturated heterocycles. The van der Waals surface area contributed by atoms with E-state index in [1.165, 1.54) is 0 Å². The largest absolute Gasteiger partial charge is 0.290 e. The van der Waals surface area contributed by atoms with Crippen LogP contribution >= 0.6 is 15.9 Å². The summed E-state index contributed by atoms with van der Waals surface area (Å²) in [7, 11) is 0. The molecular weight excluding hydrogens is 388 g/mol. The van der Waals surface area contributed by atoms with Crippen molar-refractivity contribution in [3.8, 4) is 11.3 Å². The Hall–Kier alpha value is -2.85. The molecule has 1 aromatic heterocycles. The molecule has 0 aliphatic rings. The maximum absolute atomic E-state index is 12.6. The number of hydrogen-bond donors (Lipinski definition) is 0. The predicted octanol–water partition coefficient (Wildman–Crippen LogP) is 4.83. The van der Waals surface area contributed by atoms with E-state index in [0.717, 1.165) is 26.5 Å². The molecule has 3 aromatic carbocycles. The van der Waals surface area contributed by atoms with Gasteiger partial charge in [-0.05, 0) is 46.1 Å². The number of hydrogen-bond acceptors (Lipinski definition) is 2. The number of rotatable bonds is 4. The minimum atomic E-state index is 0.0685. The van der Waals surface area contributed by atoms with Crippen LogP contribution in [0.4, 0.5) is 0 Å². The number of nitrogens with zero attached hydrogens (tertiary/aromatic N) is 2. The van der Waals surface area contributed by atoms with Gasteiger partial charge in [0.25, 0.3) is 6.33 Å². The number of carbonyl (C=O) groups excluding carboxylic acids is 1. The van der Waals surface area contributed by atoms with Crippen molar-refractivity contribution in [3.63, 3.8) is 0 Å². The molecule has 0 aliphatic heterocycles. The van der Waals surface area contributed by atoms with E-state index in [2.05, 4.69) is 20.9 Å². The van der Waals surface area contributed by atoms with Crippen molar-refractivity contribution in [1.82, 2.24) is 4.98 Å². The van der Waals surface area contributed by atoms with Gasteiger partial charge in [-0.3, -0.25) is 4.79 Å². The second-order valence-electron chi connectivity index (χ2n) is 6.11. The van der Waals surface area contributed by atoms with Gasteiger partial charge < -0.3 is 0 Å². The fourth-order valence-corrected chi connectivity index (χ4v) is 3.15. The van der Waals surface area contributed by atoms with Crippen LogP contribution in [-0.2, 0) is 6.54 Å². The second kappa shape index (κ2) is 7.18. The number of fused-ring (bicyclic) bond motifs is 1. The summed E-state index contributed by atoms with van der Waals surface area (Å²) < 4.78 is 2.84. The first kappa shape index (κ1) is 16.6. The molecule has 3 nitrogen and oxygen atoms in total. The van der Waals surface area contributed by atoms with Crippen LogP contribution < -0.4 is 4.57 Å². The lowest BCUT2D eigenvalue weighted by molar-refractivity contribution is -0.686. The Bertz CT molecular complexity index is 1070. The molecule has 0 spiro atoms. The molecule has 0 aliphatic carbocycles. The number of carbonyl (C=O) groups is 1. The molecule has 0 N–H and O–H groups in total. The highest BCUT2D eigenvalue weighted by atomic mass is 79.9. The van der Waals surface area contributed by atoms with E-state index < -0.39 is 0 Å². The van der Waals surface area contributed by atoms with Crippen molar-refractivity contribution < 1.29 is 9.36 Å². The summed E-state index contributed by atoms with van der Waals surface area (Å²) >= 11 is 3.43. The van der Waals surface area contributed by atoms with Gasteiger partial charge in [0.2, 0.25) is 5.78 Å². The molecule has 4 rings (SSSR count). The van der Waals surface area contributed by atoms with Crippen LogP contribution in [0, 0.1) is 0 Å². The molecule has 1 heterocycles. The Morgan fingerprint density at radius 2 is 1.69 bits per heavy atom. The van der Waals surface area contributed by atoms with Crippen LogP contribution in [0.1, 0.15) is 10.4 Å². The highest BCUT2D eigenvalue weighted by molar-refractivity contribution is 9.10. The van der Waals surface area contributed by atoms with Gasteiger partial charge in [0.15, 0.2) is 12.2 Å². The SMILES string of the molecule is O=C(C[n+]1ccc(-c2ccc(Br)cc2)nc1)c1ccc2ccccc2c1. The molecule has 0 bridgehead atoms. The molecule has 126 valence electrons. The summed E-state index contributed by atoms with van der Waals surface area (Å²) in [6.45, 7) is 0.270. The molecule has 0 fully saturated rings. The molecule has 4 heteroatoms. The molecule has 26 heavy (non-hydrogen) atoms. The first-order valence-corrected chi connectivity index (χ1v) is 9.11. The molecule has 0 unspecified atom stereocenters. The fourth-order valence-electron chi connectivity index (χ4n) is 2.89. The third-order valence-corrected chi connectivity index (χ3v) is 4.84. The Labute approximate surface area is 160 Å². The zero-order valence-corrected chi connectivity index (χ0v) is 15.6. The van der Waals surface area contributed by atoms with E-state index in [9.17, 15) is 4.79 Å². The standard InChI is InChI=1S/C22H16BrN2O/c23-20-9-7-17(8-10-20)21-11-12-25(15-24-21)14-22(26)19-6-5-16-3-1-2-4-18(16)13-19/h1-13,15H,14H2/q+1. The molecule has 0 atom stereocenters. The van der Waals surface area contributed by atoms with E-state index in [-0.39, 0.29) is 12.3 Å². The Kier molecular flexibility index (Phi) is 4.59. The Balaban J connectivity index is 1.52. The lowest BCUT2D eigenvalue weighted by atomic mass is 10.0. The van der Waals surface area contributed by atoms with Gasteiger partial charge in [-0.1, -0.05) is 52.3 Å². The van der Waals surface area contributed by atoms with Gasteiger partial charge in [0.05, 0.1) is 6.20 Å². The van der Waals surface area contributed by atoms with Crippen LogP contribution in [0.3, 0.4) is 0 Å². The zero-order valence-electron chi connectivity index (χ0n) is 14.0. The topological polar surface area (TPSA) is 33.8 Å². The summed E-state index contributed by atoms with van der Waals surface area (Å²) in [5.41, 5.74) is 2.64. The predicted molar refractivity (Wildman–Crippen MR) is 106 cm³/mol. The fraction of sp³-hybridized carbons (Fsp3) is 0.0455. The monoisotopic (exact) mass is 403 g/mol. The van der Waals surface area contributed by atoms with E-state index in [0.29, 0.717) is 5.56 Å². The minimum Gasteiger partial charge on any atom is -0.290 e. The van der Waals surface area contributed by atoms with E-state index in [4.69, 9.17) is 0 Å². The smallest absolute Gasteiger partial charge is 0.287 e. The molecule has 0 amide bonds. The van der Waals surface area contributed by atoms with Crippen molar-refractivity contribution in [3.05, 3.63) is 95.4 Å². The van der Waals surface area contributed by atoms with Crippen LogP contribution in [0.15, 0.2) is 89.8 Å². The van der Waals surface area contributed by atoms with Gasteiger partial charge in [0.1, 0.15) is 0 Å².